The molecule has 122 valence electrons. The van der Waals surface area contributed by atoms with E-state index in [2.05, 4.69) is 5.32 Å². The number of methoxy groups -OCH3 is 1. The van der Waals surface area contributed by atoms with Crippen molar-refractivity contribution in [2.75, 3.05) is 31.7 Å². The molecule has 2 amide bonds. The van der Waals surface area contributed by atoms with Gasteiger partial charge in [-0.3, -0.25) is 9.59 Å². The van der Waals surface area contributed by atoms with Gasteiger partial charge in [-0.1, -0.05) is 0 Å². The minimum Gasteiger partial charge on any atom is -0.383 e. The number of anilines is 1. The largest absolute Gasteiger partial charge is 0.416 e. The lowest BCUT2D eigenvalue weighted by atomic mass is 10.2. The number of amides is 2. The zero-order chi connectivity index (χ0) is 16.8. The van der Waals surface area contributed by atoms with Gasteiger partial charge in [-0.15, -0.1) is 0 Å². The molecule has 0 fully saturated rings. The van der Waals surface area contributed by atoms with Crippen molar-refractivity contribution < 1.29 is 27.5 Å². The SMILES string of the molecule is COCCNC(=O)CN(C(C)=O)c1ccc(C(F)(F)F)cc1. The van der Waals surface area contributed by atoms with Gasteiger partial charge in [-0.2, -0.15) is 13.2 Å². The maximum atomic E-state index is 12.5. The molecule has 0 aliphatic rings. The van der Waals surface area contributed by atoms with Crippen LogP contribution in [0.5, 0.6) is 0 Å². The van der Waals surface area contributed by atoms with E-state index in [0.717, 1.165) is 29.2 Å². The summed E-state index contributed by atoms with van der Waals surface area (Å²) in [6, 6.07) is 4.06. The maximum Gasteiger partial charge on any atom is 0.416 e. The molecule has 5 nitrogen and oxygen atoms in total. The maximum absolute atomic E-state index is 12.5. The molecule has 8 heteroatoms. The third kappa shape index (κ3) is 5.36. The predicted octanol–water partition coefficient (Wildman–Crippen LogP) is 1.82. The highest BCUT2D eigenvalue weighted by atomic mass is 19.4. The molecule has 0 saturated heterocycles. The van der Waals surface area contributed by atoms with Gasteiger partial charge in [0, 0.05) is 26.3 Å². The van der Waals surface area contributed by atoms with E-state index >= 15 is 0 Å². The van der Waals surface area contributed by atoms with Gasteiger partial charge in [0.1, 0.15) is 6.54 Å². The Kier molecular flexibility index (Phi) is 6.36. The molecular weight excluding hydrogens is 301 g/mol. The number of carbonyl (C=O) groups is 2. The number of halogens is 3. The molecule has 0 saturated carbocycles. The van der Waals surface area contributed by atoms with Gasteiger partial charge in [0.25, 0.3) is 0 Å². The van der Waals surface area contributed by atoms with Crippen molar-refractivity contribution in [3.8, 4) is 0 Å². The summed E-state index contributed by atoms with van der Waals surface area (Å²) >= 11 is 0. The first-order valence-electron chi connectivity index (χ1n) is 6.46. The monoisotopic (exact) mass is 318 g/mol. The third-order valence-corrected chi connectivity index (χ3v) is 2.82. The van der Waals surface area contributed by atoms with Crippen LogP contribution < -0.4 is 10.2 Å². The lowest BCUT2D eigenvalue weighted by molar-refractivity contribution is -0.137. The highest BCUT2D eigenvalue weighted by molar-refractivity contribution is 5.97. The van der Waals surface area contributed by atoms with E-state index in [9.17, 15) is 22.8 Å². The fourth-order valence-corrected chi connectivity index (χ4v) is 1.71. The molecule has 0 aromatic heterocycles. The van der Waals surface area contributed by atoms with Gasteiger partial charge >= 0.3 is 6.18 Å². The van der Waals surface area contributed by atoms with Crippen LogP contribution in [0.1, 0.15) is 12.5 Å². The summed E-state index contributed by atoms with van der Waals surface area (Å²) in [4.78, 5) is 24.4. The molecule has 0 unspecified atom stereocenters. The summed E-state index contributed by atoms with van der Waals surface area (Å²) in [6.45, 7) is 1.57. The molecule has 0 aliphatic carbocycles. The molecule has 0 heterocycles. The standard InChI is InChI=1S/C14H17F3N2O3/c1-10(20)19(9-13(21)18-7-8-22-2)12-5-3-11(4-6-12)14(15,16)17/h3-6H,7-9H2,1-2H3,(H,18,21). The predicted molar refractivity (Wildman–Crippen MR) is 74.4 cm³/mol. The first-order chi connectivity index (χ1) is 10.3. The van der Waals surface area contributed by atoms with E-state index in [1.165, 1.54) is 14.0 Å². The molecule has 1 aromatic rings. The van der Waals surface area contributed by atoms with Gasteiger partial charge in [-0.25, -0.2) is 0 Å². The molecule has 22 heavy (non-hydrogen) atoms. The van der Waals surface area contributed by atoms with Crippen molar-refractivity contribution in [3.63, 3.8) is 0 Å². The summed E-state index contributed by atoms with van der Waals surface area (Å²) in [7, 11) is 1.48. The number of nitrogens with one attached hydrogen (secondary N) is 1. The lowest BCUT2D eigenvalue weighted by Gasteiger charge is -2.21. The van der Waals surface area contributed by atoms with E-state index in [0.29, 0.717) is 6.61 Å². The molecule has 1 aromatic carbocycles. The number of benzene rings is 1. The Morgan fingerprint density at radius 3 is 2.27 bits per heavy atom. The van der Waals surface area contributed by atoms with Crippen LogP contribution in [0.2, 0.25) is 0 Å². The van der Waals surface area contributed by atoms with Crippen LogP contribution in [0.4, 0.5) is 18.9 Å². The lowest BCUT2D eigenvalue weighted by Crippen LogP contribution is -2.40. The number of nitrogens with zero attached hydrogens (tertiary/aromatic N) is 1. The summed E-state index contributed by atoms with van der Waals surface area (Å²) in [6.07, 6.45) is -4.45. The van der Waals surface area contributed by atoms with Crippen LogP contribution in [0.15, 0.2) is 24.3 Å². The van der Waals surface area contributed by atoms with Crippen LogP contribution in [0, 0.1) is 0 Å². The average molecular weight is 318 g/mol. The van der Waals surface area contributed by atoms with Crippen LogP contribution in [0.3, 0.4) is 0 Å². The normalized spacial score (nSPS) is 11.1. The van der Waals surface area contributed by atoms with Crippen molar-refractivity contribution in [2.24, 2.45) is 0 Å². The molecule has 0 radical (unpaired) electrons. The van der Waals surface area contributed by atoms with E-state index in [1.807, 2.05) is 0 Å². The topological polar surface area (TPSA) is 58.6 Å². The fourth-order valence-electron chi connectivity index (χ4n) is 1.71. The van der Waals surface area contributed by atoms with Gasteiger partial charge in [0.05, 0.1) is 12.2 Å². The zero-order valence-corrected chi connectivity index (χ0v) is 12.2. The number of alkyl halides is 3. The second kappa shape index (κ2) is 7.79. The van der Waals surface area contributed by atoms with Crippen LogP contribution in [-0.4, -0.2) is 38.6 Å². The molecule has 0 atom stereocenters. The molecular formula is C14H17F3N2O3. The van der Waals surface area contributed by atoms with E-state index in [4.69, 9.17) is 4.74 Å². The van der Waals surface area contributed by atoms with Gasteiger partial charge in [0.2, 0.25) is 11.8 Å². The minimum atomic E-state index is -4.45. The minimum absolute atomic E-state index is 0.224. The Balaban J connectivity index is 2.79. The van der Waals surface area contributed by atoms with Gasteiger partial charge in [0.15, 0.2) is 0 Å². The Hall–Kier alpha value is -2.09. The summed E-state index contributed by atoms with van der Waals surface area (Å²) in [5.41, 5.74) is -0.591. The Bertz CT molecular complexity index is 515. The van der Waals surface area contributed by atoms with Crippen molar-refractivity contribution in [2.45, 2.75) is 13.1 Å². The molecule has 0 bridgehead atoms. The number of rotatable bonds is 6. The number of ether oxygens (including phenoxy) is 1. The first-order valence-corrected chi connectivity index (χ1v) is 6.46. The Labute approximate surface area is 126 Å². The number of hydrogen-bond acceptors (Lipinski definition) is 3. The summed E-state index contributed by atoms with van der Waals surface area (Å²) < 4.78 is 42.3. The van der Waals surface area contributed by atoms with Crippen molar-refractivity contribution in [3.05, 3.63) is 29.8 Å². The third-order valence-electron chi connectivity index (χ3n) is 2.82. The molecule has 1 rings (SSSR count). The fraction of sp³-hybridized carbons (Fsp3) is 0.429. The second-order valence-corrected chi connectivity index (χ2v) is 4.49. The van der Waals surface area contributed by atoms with Crippen LogP contribution in [0.25, 0.3) is 0 Å². The zero-order valence-electron chi connectivity index (χ0n) is 12.2. The highest BCUT2D eigenvalue weighted by Gasteiger charge is 2.30. The van der Waals surface area contributed by atoms with Gasteiger partial charge < -0.3 is 15.0 Å². The number of hydrogen-bond donors (Lipinski definition) is 1. The molecule has 0 spiro atoms. The van der Waals surface area contributed by atoms with Gasteiger partial charge in [-0.05, 0) is 24.3 Å². The molecule has 0 aliphatic heterocycles. The molecule has 1 N–H and O–H groups in total. The van der Waals surface area contributed by atoms with Crippen molar-refractivity contribution in [1.29, 1.82) is 0 Å². The van der Waals surface area contributed by atoms with E-state index < -0.39 is 23.6 Å². The Morgan fingerprint density at radius 1 is 1.23 bits per heavy atom. The van der Waals surface area contributed by atoms with E-state index in [-0.39, 0.29) is 18.8 Å². The highest BCUT2D eigenvalue weighted by Crippen LogP contribution is 2.30. The summed E-state index contributed by atoms with van der Waals surface area (Å²) in [5.74, 6) is -0.867. The quantitative estimate of drug-likeness (QED) is 0.814. The van der Waals surface area contributed by atoms with Crippen molar-refractivity contribution >= 4 is 17.5 Å². The number of carbonyl (C=O) groups excluding carboxylic acids is 2. The second-order valence-electron chi connectivity index (χ2n) is 4.49. The average Bonchev–Trinajstić information content (AvgIpc) is 2.44. The van der Waals surface area contributed by atoms with E-state index in [1.54, 1.807) is 0 Å². The van der Waals surface area contributed by atoms with Crippen LogP contribution in [-0.2, 0) is 20.5 Å². The first kappa shape index (κ1) is 18.0. The smallest absolute Gasteiger partial charge is 0.383 e. The Morgan fingerprint density at radius 2 is 1.82 bits per heavy atom. The van der Waals surface area contributed by atoms with Crippen LogP contribution >= 0.6 is 0 Å². The summed E-state index contributed by atoms with van der Waals surface area (Å²) in [5, 5.41) is 2.54. The van der Waals surface area contributed by atoms with Crippen molar-refractivity contribution in [1.82, 2.24) is 5.32 Å².